The fourth-order valence-corrected chi connectivity index (χ4v) is 0.117. The molecular formula is C3H5N3O. The fourth-order valence-electron chi connectivity index (χ4n) is 0.117. The summed E-state index contributed by atoms with van der Waals surface area (Å²) in [6.07, 6.45) is 0.764. The molecule has 0 unspecified atom stereocenters. The van der Waals surface area contributed by atoms with E-state index >= 15 is 0 Å². The Balaban J connectivity index is 3.58. The van der Waals surface area contributed by atoms with Gasteiger partial charge in [0.25, 0.3) is 0 Å². The van der Waals surface area contributed by atoms with Crippen LogP contribution in [-0.4, -0.2) is 23.3 Å². The number of hydrogen-bond acceptors (Lipinski definition) is 2. The molecule has 0 aliphatic rings. The summed E-state index contributed by atoms with van der Waals surface area (Å²) in [6, 6.07) is 0. The van der Waals surface area contributed by atoms with Crippen LogP contribution in [0.15, 0.2) is 0 Å². The molecule has 7 heavy (non-hydrogen) atoms. The average Bonchev–Trinajstić information content (AvgIpc) is 1.68. The number of carbonyl (C=O) groups is 1. The van der Waals surface area contributed by atoms with Crippen molar-refractivity contribution < 1.29 is 9.58 Å². The van der Waals surface area contributed by atoms with Crippen molar-refractivity contribution >= 4 is 12.0 Å². The number of Topliss-reactive ketones (excluding diaryl/α,β-unsaturated/α-hetero) is 1. The number of nitrogens with zero attached hydrogens (tertiary/aromatic N) is 2. The molecule has 0 bridgehead atoms. The van der Waals surface area contributed by atoms with Gasteiger partial charge in [0.1, 0.15) is 0 Å². The molecule has 0 aliphatic carbocycles. The van der Waals surface area contributed by atoms with Crippen LogP contribution in [0, 0.1) is 0 Å². The Morgan fingerprint density at radius 1 is 2.00 bits per heavy atom. The minimum Gasteiger partial charge on any atom is -0.361 e. The Kier molecular flexibility index (Phi) is 2.76. The van der Waals surface area contributed by atoms with Crippen molar-refractivity contribution in [3.63, 3.8) is 0 Å². The maximum Gasteiger partial charge on any atom is 0.324 e. The number of carbonyl (C=O) groups excluding carboxylic acids is 1. The van der Waals surface area contributed by atoms with Gasteiger partial charge in [0.2, 0.25) is 5.78 Å². The molecule has 2 N–H and O–H groups in total. The normalized spacial score (nSPS) is 7.00. The predicted octanol–water partition coefficient (Wildman–Crippen LogP) is -1.19. The molecule has 0 aromatic rings. The number of nitrogens with two attached hydrogens (primary N) is 1. The smallest absolute Gasteiger partial charge is 0.324 e. The van der Waals surface area contributed by atoms with E-state index in [0.29, 0.717) is 0 Å². The largest absolute Gasteiger partial charge is 0.361 e. The zero-order valence-electron chi connectivity index (χ0n) is 3.66. The molecular weight excluding hydrogens is 94.1 g/mol. The highest BCUT2D eigenvalue weighted by atomic mass is 16.1. The third-order valence-electron chi connectivity index (χ3n) is 0.403. The summed E-state index contributed by atoms with van der Waals surface area (Å²) in [4.78, 5) is 12.4. The van der Waals surface area contributed by atoms with Crippen LogP contribution in [0.4, 0.5) is 0 Å². The molecule has 4 heteroatoms. The Hall–Kier alpha value is -0.990. The van der Waals surface area contributed by atoms with Crippen LogP contribution in [0.5, 0.6) is 0 Å². The Morgan fingerprint density at radius 2 is 2.57 bits per heavy atom. The second-order valence-corrected chi connectivity index (χ2v) is 0.915. The van der Waals surface area contributed by atoms with Crippen molar-refractivity contribution in [3.8, 4) is 0 Å². The van der Waals surface area contributed by atoms with Crippen molar-refractivity contribution in [1.82, 2.24) is 0 Å². The minimum absolute atomic E-state index is 0.107. The lowest BCUT2D eigenvalue weighted by Crippen LogP contribution is -2.14. The Bertz CT molecular complexity index is 113. The molecule has 0 aromatic heterocycles. The van der Waals surface area contributed by atoms with E-state index in [1.54, 1.807) is 0 Å². The van der Waals surface area contributed by atoms with Crippen LogP contribution >= 0.6 is 0 Å². The topological polar surface area (TPSA) is 79.5 Å². The van der Waals surface area contributed by atoms with Gasteiger partial charge in [0, 0.05) is 0 Å². The quantitative estimate of drug-likeness (QED) is 0.268. The summed E-state index contributed by atoms with van der Waals surface area (Å²) in [7, 11) is 0. The second kappa shape index (κ2) is 3.21. The van der Waals surface area contributed by atoms with Gasteiger partial charge in [-0.15, -0.1) is 0 Å². The zero-order valence-corrected chi connectivity index (χ0v) is 3.66. The molecule has 0 heterocycles. The van der Waals surface area contributed by atoms with Crippen LogP contribution in [0.25, 0.3) is 5.53 Å². The number of hydrogen-bond donors (Lipinski definition) is 1. The first-order valence-electron chi connectivity index (χ1n) is 1.71. The maximum atomic E-state index is 9.98. The molecule has 38 valence electrons. The number of ketones is 1. The summed E-state index contributed by atoms with van der Waals surface area (Å²) in [6.45, 7) is -0.107. The van der Waals surface area contributed by atoms with Crippen molar-refractivity contribution in [2.24, 2.45) is 5.73 Å². The van der Waals surface area contributed by atoms with Crippen LogP contribution < -0.4 is 5.73 Å². The van der Waals surface area contributed by atoms with Gasteiger partial charge in [0.15, 0.2) is 0 Å². The lowest BCUT2D eigenvalue weighted by Gasteiger charge is -1.70. The maximum absolute atomic E-state index is 9.98. The first-order valence-corrected chi connectivity index (χ1v) is 1.71. The van der Waals surface area contributed by atoms with Gasteiger partial charge in [-0.1, -0.05) is 0 Å². The molecule has 0 rings (SSSR count). The van der Waals surface area contributed by atoms with Crippen LogP contribution in [0.3, 0.4) is 0 Å². The molecule has 0 aliphatic heterocycles. The van der Waals surface area contributed by atoms with E-state index in [1.807, 2.05) is 0 Å². The van der Waals surface area contributed by atoms with E-state index in [9.17, 15) is 4.79 Å². The van der Waals surface area contributed by atoms with E-state index < -0.39 is 0 Å². The highest BCUT2D eigenvalue weighted by Gasteiger charge is 1.93. The fraction of sp³-hybridized carbons (Fsp3) is 0.333. The predicted molar refractivity (Wildman–Crippen MR) is 23.7 cm³/mol. The summed E-state index contributed by atoms with van der Waals surface area (Å²) < 4.78 is 0. The summed E-state index contributed by atoms with van der Waals surface area (Å²) in [5.41, 5.74) is 12.5. The zero-order chi connectivity index (χ0) is 5.70. The first-order chi connectivity index (χ1) is 3.31. The molecule has 0 fully saturated rings. The summed E-state index contributed by atoms with van der Waals surface area (Å²) >= 11 is 0. The van der Waals surface area contributed by atoms with E-state index in [0.717, 1.165) is 6.21 Å². The summed E-state index contributed by atoms with van der Waals surface area (Å²) in [5.74, 6) is -0.387. The Labute approximate surface area is 40.6 Å². The van der Waals surface area contributed by atoms with Crippen LogP contribution in [0.1, 0.15) is 0 Å². The highest BCUT2D eigenvalue weighted by molar-refractivity contribution is 6.26. The van der Waals surface area contributed by atoms with Crippen LogP contribution in [0.2, 0.25) is 0 Å². The molecule has 0 saturated carbocycles. The molecule has 0 radical (unpaired) electrons. The van der Waals surface area contributed by atoms with Crippen molar-refractivity contribution in [2.45, 2.75) is 0 Å². The van der Waals surface area contributed by atoms with Crippen molar-refractivity contribution in [1.29, 1.82) is 0 Å². The van der Waals surface area contributed by atoms with E-state index in [4.69, 9.17) is 11.3 Å². The third-order valence-corrected chi connectivity index (χ3v) is 0.403. The SMILES string of the molecule is [N-]=[N+]=CC(=O)CN. The molecule has 4 nitrogen and oxygen atoms in total. The summed E-state index contributed by atoms with van der Waals surface area (Å²) in [5, 5.41) is 0. The molecule has 0 spiro atoms. The van der Waals surface area contributed by atoms with Gasteiger partial charge < -0.3 is 11.3 Å². The van der Waals surface area contributed by atoms with E-state index in [2.05, 4.69) is 4.79 Å². The Morgan fingerprint density at radius 3 is 2.71 bits per heavy atom. The standard InChI is InChI=1S/C3H5N3O/c4-1-3(7)2-6-5/h2H,1,4H2. The third kappa shape index (κ3) is 2.82. The van der Waals surface area contributed by atoms with Crippen molar-refractivity contribution in [3.05, 3.63) is 5.53 Å². The van der Waals surface area contributed by atoms with E-state index in [-0.39, 0.29) is 12.3 Å². The second-order valence-electron chi connectivity index (χ2n) is 0.915. The van der Waals surface area contributed by atoms with Gasteiger partial charge >= 0.3 is 6.21 Å². The molecule has 0 aromatic carbocycles. The van der Waals surface area contributed by atoms with Gasteiger partial charge in [-0.05, 0) is 0 Å². The molecule has 0 saturated heterocycles. The average molecular weight is 99.1 g/mol. The lowest BCUT2D eigenvalue weighted by atomic mass is 10.4. The van der Waals surface area contributed by atoms with Crippen molar-refractivity contribution in [2.75, 3.05) is 6.54 Å². The van der Waals surface area contributed by atoms with E-state index in [1.165, 1.54) is 0 Å². The minimum atomic E-state index is -0.387. The first kappa shape index (κ1) is 6.01. The molecule has 0 amide bonds. The lowest BCUT2D eigenvalue weighted by molar-refractivity contribution is -0.114. The highest BCUT2D eigenvalue weighted by Crippen LogP contribution is 1.50. The van der Waals surface area contributed by atoms with Gasteiger partial charge in [-0.3, -0.25) is 4.79 Å². The van der Waals surface area contributed by atoms with Gasteiger partial charge in [0.05, 0.1) is 6.54 Å². The van der Waals surface area contributed by atoms with Gasteiger partial charge in [-0.25, -0.2) is 0 Å². The van der Waals surface area contributed by atoms with Gasteiger partial charge in [-0.2, -0.15) is 4.79 Å². The monoisotopic (exact) mass is 99.0 g/mol. The number of rotatable bonds is 2. The van der Waals surface area contributed by atoms with Crippen LogP contribution in [-0.2, 0) is 4.79 Å². The molecule has 0 atom stereocenters.